The molecule has 0 aliphatic heterocycles. The number of nitrogens with one attached hydrogen (secondary N) is 3. The molecule has 1 unspecified atom stereocenters. The third-order valence-corrected chi connectivity index (χ3v) is 6.96. The molecular formula is C25H28N6O2. The number of carbonyl (C=O) groups excluding carboxylic acids is 1. The van der Waals surface area contributed by atoms with Gasteiger partial charge in [-0.05, 0) is 81.4 Å². The molecule has 4 bridgehead atoms. The van der Waals surface area contributed by atoms with Gasteiger partial charge in [0.2, 0.25) is 0 Å². The van der Waals surface area contributed by atoms with Gasteiger partial charge in [0, 0.05) is 17.9 Å². The van der Waals surface area contributed by atoms with E-state index in [2.05, 4.69) is 16.0 Å². The largest absolute Gasteiger partial charge is 0.370 e. The molecular weight excluding hydrogens is 416 g/mol. The van der Waals surface area contributed by atoms with Crippen LogP contribution >= 0.6 is 0 Å². The van der Waals surface area contributed by atoms with Crippen molar-refractivity contribution < 1.29 is 9.53 Å². The van der Waals surface area contributed by atoms with Crippen LogP contribution in [0.1, 0.15) is 45.4 Å². The van der Waals surface area contributed by atoms with Crippen LogP contribution in [0, 0.1) is 51.7 Å². The Bertz CT molecular complexity index is 1020. The molecule has 0 spiro atoms. The Morgan fingerprint density at radius 2 is 1.61 bits per heavy atom. The minimum absolute atomic E-state index is 0.00396. The van der Waals surface area contributed by atoms with E-state index in [0.717, 1.165) is 37.0 Å². The summed E-state index contributed by atoms with van der Waals surface area (Å²) in [6, 6.07) is 11.5. The fraction of sp³-hybridized carbons (Fsp3) is 0.520. The number of ether oxygens (including phenoxy) is 1. The first kappa shape index (κ1) is 22.6. The van der Waals surface area contributed by atoms with Gasteiger partial charge in [-0.25, -0.2) is 4.79 Å². The average Bonchev–Trinajstić information content (AvgIpc) is 2.77. The minimum atomic E-state index is -0.348. The van der Waals surface area contributed by atoms with Crippen molar-refractivity contribution in [2.75, 3.05) is 17.2 Å². The molecule has 33 heavy (non-hydrogen) atoms. The summed E-state index contributed by atoms with van der Waals surface area (Å²) in [5.41, 5.74) is 0.550. The van der Waals surface area contributed by atoms with Crippen LogP contribution in [0.15, 0.2) is 35.5 Å². The summed E-state index contributed by atoms with van der Waals surface area (Å²) in [7, 11) is 0. The fourth-order valence-corrected chi connectivity index (χ4v) is 6.16. The second-order valence-electron chi connectivity index (χ2n) is 9.66. The van der Waals surface area contributed by atoms with Gasteiger partial charge in [-0.15, -0.1) is 0 Å². The van der Waals surface area contributed by atoms with Crippen molar-refractivity contribution in [2.24, 2.45) is 17.8 Å². The van der Waals surface area contributed by atoms with Gasteiger partial charge in [-0.2, -0.15) is 15.8 Å². The molecule has 4 saturated carbocycles. The van der Waals surface area contributed by atoms with Crippen molar-refractivity contribution >= 4 is 17.4 Å². The molecule has 2 amide bonds. The number of amides is 2. The van der Waals surface area contributed by atoms with Crippen LogP contribution in [0.2, 0.25) is 0 Å². The number of benzene rings is 1. The molecule has 3 N–H and O–H groups in total. The van der Waals surface area contributed by atoms with Crippen LogP contribution in [-0.4, -0.2) is 24.3 Å². The molecule has 8 heteroatoms. The first-order valence-electron chi connectivity index (χ1n) is 11.5. The summed E-state index contributed by atoms with van der Waals surface area (Å²) >= 11 is 0. The van der Waals surface area contributed by atoms with Crippen molar-refractivity contribution in [3.63, 3.8) is 0 Å². The zero-order valence-corrected chi connectivity index (χ0v) is 18.7. The summed E-state index contributed by atoms with van der Waals surface area (Å²) in [6.45, 7) is 2.43. The number of urea groups is 1. The summed E-state index contributed by atoms with van der Waals surface area (Å²) in [6.07, 6.45) is 7.51. The Balaban J connectivity index is 1.28. The third kappa shape index (κ3) is 5.28. The topological polar surface area (TPSA) is 134 Å². The van der Waals surface area contributed by atoms with Crippen LogP contribution in [0.4, 0.5) is 16.2 Å². The maximum Gasteiger partial charge on any atom is 0.319 e. The normalized spacial score (nSPS) is 27.4. The monoisotopic (exact) mass is 444 g/mol. The van der Waals surface area contributed by atoms with E-state index in [-0.39, 0.29) is 29.0 Å². The Morgan fingerprint density at radius 3 is 2.15 bits per heavy atom. The Hall–Kier alpha value is -3.54. The number of carbonyl (C=O) groups is 1. The number of allylic oxidation sites excluding steroid dienone is 2. The summed E-state index contributed by atoms with van der Waals surface area (Å²) < 4.78 is 6.53. The molecule has 170 valence electrons. The average molecular weight is 445 g/mol. The maximum atomic E-state index is 12.4. The van der Waals surface area contributed by atoms with Gasteiger partial charge in [-0.1, -0.05) is 6.07 Å². The smallest absolute Gasteiger partial charge is 0.319 e. The van der Waals surface area contributed by atoms with Gasteiger partial charge in [0.15, 0.2) is 5.57 Å². The number of nitrogens with zero attached hydrogens (tertiary/aromatic N) is 3. The van der Waals surface area contributed by atoms with E-state index in [1.54, 1.807) is 36.4 Å². The van der Waals surface area contributed by atoms with Gasteiger partial charge in [0.25, 0.3) is 0 Å². The van der Waals surface area contributed by atoms with Crippen molar-refractivity contribution in [3.05, 3.63) is 35.5 Å². The summed E-state index contributed by atoms with van der Waals surface area (Å²) in [5.74, 6) is 2.44. The van der Waals surface area contributed by atoms with E-state index in [0.29, 0.717) is 17.9 Å². The van der Waals surface area contributed by atoms with E-state index in [4.69, 9.17) is 15.3 Å². The molecule has 4 aliphatic carbocycles. The molecule has 8 nitrogen and oxygen atoms in total. The molecule has 4 aliphatic rings. The van der Waals surface area contributed by atoms with Crippen LogP contribution in [0.5, 0.6) is 0 Å². The first-order chi connectivity index (χ1) is 15.9. The molecule has 1 aromatic rings. The maximum absolute atomic E-state index is 12.4. The van der Waals surface area contributed by atoms with Crippen molar-refractivity contribution in [1.29, 1.82) is 15.8 Å². The number of anilines is 2. The second kappa shape index (κ2) is 9.53. The molecule has 4 fully saturated rings. The molecule has 0 heterocycles. The lowest BCUT2D eigenvalue weighted by Crippen LogP contribution is -2.54. The predicted molar refractivity (Wildman–Crippen MR) is 122 cm³/mol. The molecule has 0 aromatic heterocycles. The highest BCUT2D eigenvalue weighted by Gasteiger charge is 2.52. The lowest BCUT2D eigenvalue weighted by molar-refractivity contribution is -0.182. The van der Waals surface area contributed by atoms with Gasteiger partial charge >= 0.3 is 6.03 Å². The summed E-state index contributed by atoms with van der Waals surface area (Å²) in [4.78, 5) is 12.4. The number of hydrogen-bond donors (Lipinski definition) is 3. The zero-order valence-electron chi connectivity index (χ0n) is 18.7. The molecule has 0 radical (unpaired) electrons. The number of nitriles is 3. The van der Waals surface area contributed by atoms with Gasteiger partial charge < -0.3 is 20.7 Å². The van der Waals surface area contributed by atoms with Crippen molar-refractivity contribution in [2.45, 2.75) is 57.2 Å². The van der Waals surface area contributed by atoms with Gasteiger partial charge in [0.05, 0.1) is 11.7 Å². The van der Waals surface area contributed by atoms with Crippen molar-refractivity contribution in [3.8, 4) is 18.2 Å². The number of hydrogen-bond acceptors (Lipinski definition) is 6. The van der Waals surface area contributed by atoms with E-state index >= 15 is 0 Å². The molecule has 5 rings (SSSR count). The highest BCUT2D eigenvalue weighted by atomic mass is 16.5. The highest BCUT2D eigenvalue weighted by molar-refractivity contribution is 5.89. The Labute approximate surface area is 194 Å². The van der Waals surface area contributed by atoms with Crippen LogP contribution in [-0.2, 0) is 4.74 Å². The SMILES string of the molecule is CC(CNC(=O)Nc1cccc(NC(C#N)=C(C#N)C#N)c1)OC12CC3CC(CC(C3)C1)C2. The standard InChI is InChI=1S/C25H28N6O2/c1-16(33-25-9-17-5-18(10-25)7-19(6-17)11-25)15-29-24(32)31-22-4-2-3-21(8-22)30-23(14-28)20(12-26)13-27/h2-4,8,16-19,30H,5-7,9-11,15H2,1H3,(H2,29,31,32). The fourth-order valence-electron chi connectivity index (χ4n) is 6.16. The highest BCUT2D eigenvalue weighted by Crippen LogP contribution is 2.57. The minimum Gasteiger partial charge on any atom is -0.370 e. The second-order valence-corrected chi connectivity index (χ2v) is 9.66. The Morgan fingerprint density at radius 1 is 1.03 bits per heavy atom. The summed E-state index contributed by atoms with van der Waals surface area (Å²) in [5, 5.41) is 35.5. The van der Waals surface area contributed by atoms with Crippen LogP contribution in [0.3, 0.4) is 0 Å². The predicted octanol–water partition coefficient (Wildman–Crippen LogP) is 4.42. The quantitative estimate of drug-likeness (QED) is 0.533. The third-order valence-electron chi connectivity index (χ3n) is 6.96. The zero-order chi connectivity index (χ0) is 23.4. The first-order valence-corrected chi connectivity index (χ1v) is 11.5. The number of rotatable bonds is 7. The van der Waals surface area contributed by atoms with Gasteiger partial charge in [-0.3, -0.25) is 0 Å². The van der Waals surface area contributed by atoms with E-state index in [1.807, 2.05) is 13.0 Å². The lowest BCUT2D eigenvalue weighted by atomic mass is 9.54. The van der Waals surface area contributed by atoms with Gasteiger partial charge in [0.1, 0.15) is 23.9 Å². The van der Waals surface area contributed by atoms with Crippen LogP contribution in [0.25, 0.3) is 0 Å². The molecule has 1 aromatic carbocycles. The van der Waals surface area contributed by atoms with E-state index in [1.165, 1.54) is 19.3 Å². The molecule has 1 atom stereocenters. The van der Waals surface area contributed by atoms with Crippen molar-refractivity contribution in [1.82, 2.24) is 5.32 Å². The van der Waals surface area contributed by atoms with E-state index < -0.39 is 0 Å². The Kier molecular flexibility index (Phi) is 6.54. The lowest BCUT2D eigenvalue weighted by Gasteiger charge is -2.57. The molecule has 0 saturated heterocycles. The van der Waals surface area contributed by atoms with Crippen LogP contribution < -0.4 is 16.0 Å². The van der Waals surface area contributed by atoms with E-state index in [9.17, 15) is 10.1 Å².